The summed E-state index contributed by atoms with van der Waals surface area (Å²) in [5.74, 6) is -1.10. The molecule has 2 aromatic heterocycles. The normalized spacial score (nSPS) is 19.5. The van der Waals surface area contributed by atoms with Gasteiger partial charge >= 0.3 is 0 Å². The SMILES string of the molecule is C[C@@H]1CN(C)Cc2cnn(-c3ncc(F)cc3F)c21. The molecule has 0 bridgehead atoms. The molecule has 0 aromatic carbocycles. The second-order valence-corrected chi connectivity index (χ2v) is 5.02. The zero-order valence-electron chi connectivity index (χ0n) is 10.8. The van der Waals surface area contributed by atoms with Gasteiger partial charge in [0.2, 0.25) is 0 Å². The van der Waals surface area contributed by atoms with Crippen molar-refractivity contribution in [3.05, 3.63) is 41.4 Å². The van der Waals surface area contributed by atoms with Crippen molar-refractivity contribution >= 4 is 0 Å². The van der Waals surface area contributed by atoms with Gasteiger partial charge in [-0.05, 0) is 7.05 Å². The molecule has 0 amide bonds. The van der Waals surface area contributed by atoms with Gasteiger partial charge < -0.3 is 4.90 Å². The van der Waals surface area contributed by atoms with Gasteiger partial charge in [0.1, 0.15) is 5.82 Å². The highest BCUT2D eigenvalue weighted by Gasteiger charge is 2.26. The molecule has 2 aromatic rings. The Hall–Kier alpha value is -1.82. The minimum absolute atomic E-state index is 0.0547. The van der Waals surface area contributed by atoms with Gasteiger partial charge in [0.25, 0.3) is 0 Å². The van der Waals surface area contributed by atoms with Gasteiger partial charge in [-0.3, -0.25) is 0 Å². The van der Waals surface area contributed by atoms with E-state index in [4.69, 9.17) is 0 Å². The Morgan fingerprint density at radius 2 is 2.11 bits per heavy atom. The van der Waals surface area contributed by atoms with E-state index in [2.05, 4.69) is 21.9 Å². The molecule has 0 saturated heterocycles. The molecule has 1 aliphatic rings. The van der Waals surface area contributed by atoms with E-state index < -0.39 is 11.6 Å². The zero-order valence-corrected chi connectivity index (χ0v) is 10.8. The van der Waals surface area contributed by atoms with Crippen LogP contribution in [0, 0.1) is 11.6 Å². The molecule has 1 aliphatic heterocycles. The fourth-order valence-electron chi connectivity index (χ4n) is 2.68. The van der Waals surface area contributed by atoms with E-state index in [0.717, 1.165) is 36.6 Å². The molecule has 0 fully saturated rings. The number of rotatable bonds is 1. The second-order valence-electron chi connectivity index (χ2n) is 5.02. The fraction of sp³-hybridized carbons (Fsp3) is 0.385. The van der Waals surface area contributed by atoms with Gasteiger partial charge in [-0.2, -0.15) is 5.10 Å². The molecule has 4 nitrogen and oxygen atoms in total. The summed E-state index contributed by atoms with van der Waals surface area (Å²) in [6.45, 7) is 3.72. The first kappa shape index (κ1) is 12.2. The van der Waals surface area contributed by atoms with Crippen LogP contribution >= 0.6 is 0 Å². The minimum atomic E-state index is -0.697. The Balaban J connectivity index is 2.12. The molecule has 100 valence electrons. The molecule has 3 heterocycles. The highest BCUT2D eigenvalue weighted by atomic mass is 19.1. The molecule has 0 spiro atoms. The average Bonchev–Trinajstić information content (AvgIpc) is 2.72. The summed E-state index contributed by atoms with van der Waals surface area (Å²) in [6, 6.07) is 0.829. The molecular formula is C13H14F2N4. The summed E-state index contributed by atoms with van der Waals surface area (Å²) >= 11 is 0. The fourth-order valence-corrected chi connectivity index (χ4v) is 2.68. The molecule has 19 heavy (non-hydrogen) atoms. The first-order valence-corrected chi connectivity index (χ1v) is 6.13. The van der Waals surface area contributed by atoms with E-state index in [0.29, 0.717) is 0 Å². The number of aromatic nitrogens is 3. The van der Waals surface area contributed by atoms with Crippen molar-refractivity contribution in [2.45, 2.75) is 19.4 Å². The zero-order chi connectivity index (χ0) is 13.6. The summed E-state index contributed by atoms with van der Waals surface area (Å²) in [5, 5.41) is 4.21. The molecule has 0 saturated carbocycles. The number of fused-ring (bicyclic) bond motifs is 1. The number of hydrogen-bond acceptors (Lipinski definition) is 3. The van der Waals surface area contributed by atoms with E-state index in [1.54, 1.807) is 6.20 Å². The van der Waals surface area contributed by atoms with Crippen LogP contribution in [0.2, 0.25) is 0 Å². The lowest BCUT2D eigenvalue weighted by Gasteiger charge is -2.28. The lowest BCUT2D eigenvalue weighted by atomic mass is 9.99. The first-order chi connectivity index (χ1) is 9.06. The molecule has 6 heteroatoms. The smallest absolute Gasteiger partial charge is 0.190 e. The third-order valence-corrected chi connectivity index (χ3v) is 3.37. The Morgan fingerprint density at radius 3 is 2.84 bits per heavy atom. The van der Waals surface area contributed by atoms with E-state index in [1.165, 1.54) is 4.68 Å². The van der Waals surface area contributed by atoms with Crippen LogP contribution in [-0.4, -0.2) is 33.3 Å². The molecule has 1 atom stereocenters. The van der Waals surface area contributed by atoms with Crippen LogP contribution in [0.4, 0.5) is 8.78 Å². The average molecular weight is 264 g/mol. The van der Waals surface area contributed by atoms with Crippen molar-refractivity contribution in [2.24, 2.45) is 0 Å². The summed E-state index contributed by atoms with van der Waals surface area (Å²) in [7, 11) is 2.04. The van der Waals surface area contributed by atoms with Crippen molar-refractivity contribution in [1.82, 2.24) is 19.7 Å². The van der Waals surface area contributed by atoms with E-state index in [9.17, 15) is 8.78 Å². The number of likely N-dealkylation sites (N-methyl/N-ethyl adjacent to an activating group) is 1. The number of halogens is 2. The van der Waals surface area contributed by atoms with Crippen LogP contribution in [0.3, 0.4) is 0 Å². The highest BCUT2D eigenvalue weighted by molar-refractivity contribution is 5.33. The third-order valence-electron chi connectivity index (χ3n) is 3.37. The summed E-state index contributed by atoms with van der Waals surface area (Å²) < 4.78 is 28.2. The van der Waals surface area contributed by atoms with Gasteiger partial charge in [0.15, 0.2) is 11.6 Å². The van der Waals surface area contributed by atoms with Crippen LogP contribution in [0.15, 0.2) is 18.5 Å². The Kier molecular flexibility index (Phi) is 2.82. The third kappa shape index (κ3) is 2.02. The maximum Gasteiger partial charge on any atom is 0.190 e. The maximum atomic E-state index is 13.8. The number of hydrogen-bond donors (Lipinski definition) is 0. The van der Waals surface area contributed by atoms with Crippen molar-refractivity contribution < 1.29 is 8.78 Å². The Morgan fingerprint density at radius 1 is 1.32 bits per heavy atom. The molecule has 3 rings (SSSR count). The quantitative estimate of drug-likeness (QED) is 0.791. The van der Waals surface area contributed by atoms with Crippen LogP contribution < -0.4 is 0 Å². The Bertz CT molecular complexity index is 623. The van der Waals surface area contributed by atoms with Crippen LogP contribution in [0.5, 0.6) is 0 Å². The van der Waals surface area contributed by atoms with E-state index in [-0.39, 0.29) is 11.7 Å². The van der Waals surface area contributed by atoms with Gasteiger partial charge in [-0.15, -0.1) is 0 Å². The lowest BCUT2D eigenvalue weighted by molar-refractivity contribution is 0.284. The van der Waals surface area contributed by atoms with Gasteiger partial charge in [-0.25, -0.2) is 18.4 Å². The summed E-state index contributed by atoms with van der Waals surface area (Å²) in [4.78, 5) is 6.01. The Labute approximate surface area is 109 Å². The minimum Gasteiger partial charge on any atom is -0.301 e. The van der Waals surface area contributed by atoms with Gasteiger partial charge in [0, 0.05) is 30.6 Å². The van der Waals surface area contributed by atoms with Crippen LogP contribution in [0.1, 0.15) is 24.1 Å². The van der Waals surface area contributed by atoms with Crippen molar-refractivity contribution in [1.29, 1.82) is 0 Å². The first-order valence-electron chi connectivity index (χ1n) is 6.13. The molecule has 0 aliphatic carbocycles. The van der Waals surface area contributed by atoms with Gasteiger partial charge in [0.05, 0.1) is 18.1 Å². The summed E-state index contributed by atoms with van der Waals surface area (Å²) in [5.41, 5.74) is 2.02. The largest absolute Gasteiger partial charge is 0.301 e. The maximum absolute atomic E-state index is 13.8. The molecule has 0 radical (unpaired) electrons. The molecule has 0 unspecified atom stereocenters. The van der Waals surface area contributed by atoms with Crippen LogP contribution in [-0.2, 0) is 6.54 Å². The monoisotopic (exact) mass is 264 g/mol. The topological polar surface area (TPSA) is 34.0 Å². The highest BCUT2D eigenvalue weighted by Crippen LogP contribution is 2.29. The predicted molar refractivity (Wildman–Crippen MR) is 66.0 cm³/mol. The van der Waals surface area contributed by atoms with E-state index >= 15 is 0 Å². The van der Waals surface area contributed by atoms with Crippen molar-refractivity contribution in [2.75, 3.05) is 13.6 Å². The standard InChI is InChI=1S/C13H14F2N4/c1-8-6-18(2)7-9-4-17-19(12(8)9)13-11(15)3-10(14)5-16-13/h3-5,8H,6-7H2,1-2H3/t8-/m1/s1. The van der Waals surface area contributed by atoms with Crippen molar-refractivity contribution in [3.63, 3.8) is 0 Å². The predicted octanol–water partition coefficient (Wildman–Crippen LogP) is 2.09. The number of pyridine rings is 1. The van der Waals surface area contributed by atoms with E-state index in [1.807, 2.05) is 7.05 Å². The summed E-state index contributed by atoms with van der Waals surface area (Å²) in [6.07, 6.45) is 2.73. The van der Waals surface area contributed by atoms with Crippen molar-refractivity contribution in [3.8, 4) is 5.82 Å². The molecule has 0 N–H and O–H groups in total. The molecular weight excluding hydrogens is 250 g/mol. The van der Waals surface area contributed by atoms with Crippen LogP contribution in [0.25, 0.3) is 5.82 Å². The van der Waals surface area contributed by atoms with Gasteiger partial charge in [-0.1, -0.05) is 6.92 Å². The lowest BCUT2D eigenvalue weighted by Crippen LogP contribution is -2.30. The number of nitrogens with zero attached hydrogens (tertiary/aromatic N) is 4. The second kappa shape index (κ2) is 4.38.